The molecule has 0 aliphatic heterocycles. The summed E-state index contributed by atoms with van der Waals surface area (Å²) in [6, 6.07) is 0. The van der Waals surface area contributed by atoms with Crippen molar-refractivity contribution in [1.29, 1.82) is 0 Å². The zero-order valence-corrected chi connectivity index (χ0v) is 17.9. The summed E-state index contributed by atoms with van der Waals surface area (Å²) in [7, 11) is 4.00. The Morgan fingerprint density at radius 2 is 1.88 bits per heavy atom. The molecule has 0 aromatic rings. The van der Waals surface area contributed by atoms with E-state index < -0.39 is 0 Å². The summed E-state index contributed by atoms with van der Waals surface area (Å²) < 4.78 is 5.94. The molecule has 0 aromatic carbocycles. The Morgan fingerprint density at radius 3 is 2.46 bits per heavy atom. The molecule has 0 aliphatic carbocycles. The molecule has 1 unspecified atom stereocenters. The summed E-state index contributed by atoms with van der Waals surface area (Å²) >= 11 is 0. The van der Waals surface area contributed by atoms with Gasteiger partial charge in [-0.1, -0.05) is 25.2 Å². The topological polar surface area (TPSA) is 55.4 Å². The van der Waals surface area contributed by atoms with Crippen molar-refractivity contribution in [3.63, 3.8) is 0 Å². The van der Waals surface area contributed by atoms with Gasteiger partial charge in [0.25, 0.3) is 0 Å². The lowest BCUT2D eigenvalue weighted by Gasteiger charge is -2.28. The molecule has 5 nitrogen and oxygen atoms in total. The highest BCUT2D eigenvalue weighted by Gasteiger charge is 2.20. The second kappa shape index (κ2) is 14.8. The van der Waals surface area contributed by atoms with Crippen LogP contribution in [0.4, 0.5) is 0 Å². The fraction of sp³-hybridized carbons (Fsp3) is 0.700. The van der Waals surface area contributed by atoms with Gasteiger partial charge in [-0.15, -0.1) is 0 Å². The maximum absolute atomic E-state index is 12.0. The van der Waals surface area contributed by atoms with Crippen molar-refractivity contribution in [2.75, 3.05) is 40.3 Å². The highest BCUT2D eigenvalue weighted by atomic mass is 35.5. The van der Waals surface area contributed by atoms with E-state index in [2.05, 4.69) is 38.7 Å². The fourth-order valence-electron chi connectivity index (χ4n) is 2.44. The number of halogens is 1. The van der Waals surface area contributed by atoms with Crippen molar-refractivity contribution in [3.8, 4) is 0 Å². The quantitative estimate of drug-likeness (QED) is 0.160. The number of allylic oxidation sites excluding steroid dienone is 2. The third-order valence-electron chi connectivity index (χ3n) is 4.07. The number of esters is 1. The summed E-state index contributed by atoms with van der Waals surface area (Å²) in [5, 5.41) is 2.74. The molecule has 152 valence electrons. The van der Waals surface area contributed by atoms with E-state index in [1.54, 1.807) is 0 Å². The molecule has 6 heteroatoms. The van der Waals surface area contributed by atoms with Gasteiger partial charge in [-0.25, -0.2) is 4.79 Å². The molecule has 0 aromatic heterocycles. The molecule has 1 atom stereocenters. The predicted octanol–water partition coefficient (Wildman–Crippen LogP) is 0.0749. The van der Waals surface area contributed by atoms with Crippen LogP contribution in [0.1, 0.15) is 46.5 Å². The molecule has 0 radical (unpaired) electrons. The van der Waals surface area contributed by atoms with Gasteiger partial charge in [0.2, 0.25) is 5.91 Å². The van der Waals surface area contributed by atoms with Gasteiger partial charge < -0.3 is 26.9 Å². The average molecular weight is 389 g/mol. The van der Waals surface area contributed by atoms with Crippen molar-refractivity contribution in [3.05, 3.63) is 24.3 Å². The highest BCUT2D eigenvalue weighted by molar-refractivity contribution is 5.86. The van der Waals surface area contributed by atoms with Gasteiger partial charge in [-0.3, -0.25) is 4.79 Å². The lowest BCUT2D eigenvalue weighted by Crippen LogP contribution is -3.00. The normalized spacial score (nSPS) is 11.7. The fourth-order valence-corrected chi connectivity index (χ4v) is 2.44. The maximum Gasteiger partial charge on any atom is 0.361 e. The SMILES string of the molecule is C=CC(=O)NCCC[N+](C)(C)CC(=O)OCCC(C)CCC=C(C)C.[Cl-]. The summed E-state index contributed by atoms with van der Waals surface area (Å²) in [5.74, 6) is 0.236. The number of ether oxygens (including phenoxy) is 1. The highest BCUT2D eigenvalue weighted by Crippen LogP contribution is 2.12. The van der Waals surface area contributed by atoms with Gasteiger partial charge in [-0.05, 0) is 45.1 Å². The van der Waals surface area contributed by atoms with Crippen LogP contribution in [0.3, 0.4) is 0 Å². The number of likely N-dealkylation sites (N-methyl/N-ethyl adjacent to an activating group) is 1. The van der Waals surface area contributed by atoms with Gasteiger partial charge in [0.05, 0.1) is 27.2 Å². The molecule has 0 saturated heterocycles. The van der Waals surface area contributed by atoms with Crippen molar-refractivity contribution < 1.29 is 31.2 Å². The maximum atomic E-state index is 12.0. The van der Waals surface area contributed by atoms with Gasteiger partial charge in [0.15, 0.2) is 6.54 Å². The molecular weight excluding hydrogens is 352 g/mol. The smallest absolute Gasteiger partial charge is 0.361 e. The molecule has 0 rings (SSSR count). The minimum atomic E-state index is -0.163. The first-order chi connectivity index (χ1) is 11.7. The summed E-state index contributed by atoms with van der Waals surface area (Å²) in [5.41, 5.74) is 1.35. The van der Waals surface area contributed by atoms with Crippen LogP contribution in [0.2, 0.25) is 0 Å². The minimum absolute atomic E-state index is 0. The first kappa shape index (κ1) is 26.9. The number of nitrogens with one attached hydrogen (secondary N) is 1. The van der Waals surface area contributed by atoms with E-state index in [1.807, 2.05) is 14.1 Å². The lowest BCUT2D eigenvalue weighted by atomic mass is 10.0. The Kier molecular flexibility index (Phi) is 15.3. The molecule has 0 heterocycles. The molecule has 1 amide bonds. The number of nitrogens with zero attached hydrogens (tertiary/aromatic N) is 1. The van der Waals surface area contributed by atoms with Gasteiger partial charge in [0.1, 0.15) is 0 Å². The zero-order chi connectivity index (χ0) is 19.3. The summed E-state index contributed by atoms with van der Waals surface area (Å²) in [4.78, 5) is 23.1. The van der Waals surface area contributed by atoms with Crippen LogP contribution in [0.5, 0.6) is 0 Å². The standard InChI is InChI=1S/C20H36N2O3.ClH/c1-7-19(23)21-13-9-14-22(5,6)16-20(24)25-15-12-18(4)11-8-10-17(2)3;/h7,10,18H,1,8-9,11-16H2,2-6H3;1H. The van der Waals surface area contributed by atoms with Crippen LogP contribution < -0.4 is 17.7 Å². The molecule has 1 N–H and O–H groups in total. The van der Waals surface area contributed by atoms with Crippen LogP contribution in [0.25, 0.3) is 0 Å². The second-order valence-electron chi connectivity index (χ2n) is 7.64. The van der Waals surface area contributed by atoms with Gasteiger partial charge >= 0.3 is 5.97 Å². The van der Waals surface area contributed by atoms with Crippen LogP contribution in [0.15, 0.2) is 24.3 Å². The second-order valence-corrected chi connectivity index (χ2v) is 7.64. The number of quaternary nitrogens is 1. The molecule has 26 heavy (non-hydrogen) atoms. The third-order valence-corrected chi connectivity index (χ3v) is 4.07. The Bertz CT molecular complexity index is 458. The number of rotatable bonds is 13. The van der Waals surface area contributed by atoms with E-state index in [4.69, 9.17) is 4.74 Å². The molecule has 0 spiro atoms. The lowest BCUT2D eigenvalue weighted by molar-refractivity contribution is -0.883. The van der Waals surface area contributed by atoms with Crippen LogP contribution >= 0.6 is 0 Å². The van der Waals surface area contributed by atoms with Gasteiger partial charge in [0, 0.05) is 13.0 Å². The van der Waals surface area contributed by atoms with Crippen molar-refractivity contribution in [2.24, 2.45) is 5.92 Å². The average Bonchev–Trinajstić information content (AvgIpc) is 2.50. The number of hydrogen-bond acceptors (Lipinski definition) is 3. The van der Waals surface area contributed by atoms with E-state index in [0.29, 0.717) is 30.1 Å². The minimum Gasteiger partial charge on any atom is -1.00 e. The van der Waals surface area contributed by atoms with Crippen LogP contribution in [-0.4, -0.2) is 56.7 Å². The van der Waals surface area contributed by atoms with Crippen molar-refractivity contribution in [2.45, 2.75) is 46.5 Å². The van der Waals surface area contributed by atoms with Crippen molar-refractivity contribution >= 4 is 11.9 Å². The van der Waals surface area contributed by atoms with Gasteiger partial charge in [-0.2, -0.15) is 0 Å². The van der Waals surface area contributed by atoms with E-state index in [1.165, 1.54) is 11.6 Å². The van der Waals surface area contributed by atoms with E-state index in [-0.39, 0.29) is 24.3 Å². The Labute approximate surface area is 165 Å². The van der Waals surface area contributed by atoms with Crippen LogP contribution in [0, 0.1) is 5.92 Å². The van der Waals surface area contributed by atoms with E-state index in [0.717, 1.165) is 32.2 Å². The zero-order valence-electron chi connectivity index (χ0n) is 17.1. The summed E-state index contributed by atoms with van der Waals surface area (Å²) in [6.45, 7) is 12.1. The van der Waals surface area contributed by atoms with Crippen LogP contribution in [-0.2, 0) is 14.3 Å². The number of carbonyl (C=O) groups excluding carboxylic acids is 2. The first-order valence-corrected chi connectivity index (χ1v) is 9.17. The molecule has 0 fully saturated rings. The Morgan fingerprint density at radius 1 is 1.23 bits per heavy atom. The van der Waals surface area contributed by atoms with E-state index in [9.17, 15) is 9.59 Å². The molecule has 0 bridgehead atoms. The largest absolute Gasteiger partial charge is 1.00 e. The van der Waals surface area contributed by atoms with E-state index >= 15 is 0 Å². The summed E-state index contributed by atoms with van der Waals surface area (Å²) in [6.07, 6.45) is 7.44. The monoisotopic (exact) mass is 388 g/mol. The Hall–Kier alpha value is -1.33. The number of amides is 1. The third kappa shape index (κ3) is 16.2. The molecule has 0 saturated carbocycles. The molecule has 0 aliphatic rings. The predicted molar refractivity (Wildman–Crippen MR) is 103 cm³/mol. The van der Waals surface area contributed by atoms with Crippen molar-refractivity contribution in [1.82, 2.24) is 5.32 Å². The Balaban J connectivity index is 0. The molecular formula is C20H37ClN2O3. The number of carbonyl (C=O) groups is 2. The first-order valence-electron chi connectivity index (χ1n) is 9.17. The number of hydrogen-bond donors (Lipinski definition) is 1.